The van der Waals surface area contributed by atoms with Gasteiger partial charge in [-0.1, -0.05) is 13.8 Å². The van der Waals surface area contributed by atoms with Gasteiger partial charge in [-0.2, -0.15) is 0 Å². The van der Waals surface area contributed by atoms with Crippen LogP contribution in [0.2, 0.25) is 0 Å². The van der Waals surface area contributed by atoms with Gasteiger partial charge in [-0.3, -0.25) is 9.59 Å². The molecule has 0 saturated carbocycles. The summed E-state index contributed by atoms with van der Waals surface area (Å²) in [5.74, 6) is 0.735. The van der Waals surface area contributed by atoms with Gasteiger partial charge in [-0.05, 0) is 55.9 Å². The van der Waals surface area contributed by atoms with Crippen molar-refractivity contribution < 1.29 is 14.3 Å². The molecule has 0 aromatic heterocycles. The number of nitrogens with two attached hydrogens (primary N) is 1. The number of piperidine rings is 1. The Morgan fingerprint density at radius 2 is 1.88 bits per heavy atom. The number of hydrogen-bond acceptors (Lipinski definition) is 4. The minimum Gasteiger partial charge on any atom is -0.497 e. The second-order valence-corrected chi connectivity index (χ2v) is 7.47. The van der Waals surface area contributed by atoms with Gasteiger partial charge in [0.1, 0.15) is 11.8 Å². The highest BCUT2D eigenvalue weighted by Crippen LogP contribution is 2.21. The van der Waals surface area contributed by atoms with E-state index in [2.05, 4.69) is 5.32 Å². The third kappa shape index (κ3) is 4.97. The van der Waals surface area contributed by atoms with E-state index in [1.807, 2.05) is 25.7 Å². The minimum absolute atomic E-state index is 0.000347. The Morgan fingerprint density at radius 1 is 1.23 bits per heavy atom. The molecule has 3 atom stereocenters. The van der Waals surface area contributed by atoms with Gasteiger partial charge in [0.15, 0.2) is 0 Å². The molecule has 0 bridgehead atoms. The molecule has 6 heteroatoms. The molecule has 2 amide bonds. The van der Waals surface area contributed by atoms with Crippen molar-refractivity contribution >= 4 is 11.8 Å². The molecule has 26 heavy (non-hydrogen) atoms. The van der Waals surface area contributed by atoms with Gasteiger partial charge in [0.2, 0.25) is 5.91 Å². The molecule has 144 valence electrons. The van der Waals surface area contributed by atoms with Crippen LogP contribution in [0.15, 0.2) is 24.3 Å². The molecule has 0 aliphatic carbocycles. The van der Waals surface area contributed by atoms with Gasteiger partial charge >= 0.3 is 0 Å². The normalized spacial score (nSPS) is 19.8. The Balaban J connectivity index is 2.07. The summed E-state index contributed by atoms with van der Waals surface area (Å²) in [5, 5.41) is 2.91. The van der Waals surface area contributed by atoms with Gasteiger partial charge < -0.3 is 20.7 Å². The van der Waals surface area contributed by atoms with E-state index in [1.165, 1.54) is 0 Å². The summed E-state index contributed by atoms with van der Waals surface area (Å²) in [6.07, 6.45) is 2.00. The van der Waals surface area contributed by atoms with Crippen LogP contribution < -0.4 is 15.8 Å². The number of nitrogens with one attached hydrogen (secondary N) is 1. The monoisotopic (exact) mass is 361 g/mol. The van der Waals surface area contributed by atoms with Crippen molar-refractivity contribution in [1.82, 2.24) is 10.2 Å². The molecule has 6 nitrogen and oxygen atoms in total. The number of methoxy groups -OCH3 is 1. The highest BCUT2D eigenvalue weighted by atomic mass is 16.5. The zero-order valence-corrected chi connectivity index (χ0v) is 16.2. The fourth-order valence-electron chi connectivity index (χ4n) is 3.32. The standard InChI is InChI=1S/C20H31N3O3/c1-13(2)18(20(25)23-11-5-6-16(12-23)14(3)21)22-19(24)15-7-9-17(26-4)10-8-15/h7-10,13-14,16,18H,5-6,11-12,21H2,1-4H3,(H,22,24). The maximum Gasteiger partial charge on any atom is 0.251 e. The van der Waals surface area contributed by atoms with E-state index < -0.39 is 6.04 Å². The lowest BCUT2D eigenvalue weighted by atomic mass is 9.91. The molecule has 1 aromatic carbocycles. The largest absolute Gasteiger partial charge is 0.497 e. The number of hydrogen-bond donors (Lipinski definition) is 2. The average Bonchev–Trinajstić information content (AvgIpc) is 2.65. The molecule has 2 rings (SSSR count). The lowest BCUT2D eigenvalue weighted by Gasteiger charge is -2.37. The number of likely N-dealkylation sites (tertiary alicyclic amines) is 1. The number of ether oxygens (including phenoxy) is 1. The van der Waals surface area contributed by atoms with Crippen LogP contribution in [0.3, 0.4) is 0 Å². The maximum atomic E-state index is 13.0. The van der Waals surface area contributed by atoms with Crippen LogP contribution in [-0.4, -0.2) is 49.0 Å². The number of carbonyl (C=O) groups is 2. The van der Waals surface area contributed by atoms with E-state index in [0.717, 1.165) is 19.4 Å². The predicted octanol–water partition coefficient (Wildman–Crippen LogP) is 2.04. The molecule has 1 fully saturated rings. The van der Waals surface area contributed by atoms with Gasteiger partial charge in [0.05, 0.1) is 7.11 Å². The molecule has 0 spiro atoms. The van der Waals surface area contributed by atoms with Crippen molar-refractivity contribution in [3.05, 3.63) is 29.8 Å². The van der Waals surface area contributed by atoms with Crippen LogP contribution in [0.5, 0.6) is 5.75 Å². The SMILES string of the molecule is COc1ccc(C(=O)NC(C(=O)N2CCCC(C(C)N)C2)C(C)C)cc1. The molecule has 1 aliphatic rings. The Hall–Kier alpha value is -2.08. The molecule has 1 aromatic rings. The molecule has 1 aliphatic heterocycles. The molecule has 1 heterocycles. The third-order valence-electron chi connectivity index (χ3n) is 5.08. The summed E-state index contributed by atoms with van der Waals surface area (Å²) in [6.45, 7) is 7.28. The van der Waals surface area contributed by atoms with Crippen LogP contribution in [0.25, 0.3) is 0 Å². The molecule has 3 unspecified atom stereocenters. The average molecular weight is 361 g/mol. The molecule has 1 saturated heterocycles. The van der Waals surface area contributed by atoms with Gasteiger partial charge in [0.25, 0.3) is 5.91 Å². The molecule has 0 radical (unpaired) electrons. The number of nitrogens with zero attached hydrogens (tertiary/aromatic N) is 1. The molecule has 3 N–H and O–H groups in total. The van der Waals surface area contributed by atoms with Crippen molar-refractivity contribution in [3.8, 4) is 5.75 Å². The summed E-state index contributed by atoms with van der Waals surface area (Å²) in [6, 6.07) is 6.39. The number of amides is 2. The first-order valence-corrected chi connectivity index (χ1v) is 9.32. The van der Waals surface area contributed by atoms with Gasteiger partial charge in [-0.25, -0.2) is 0 Å². The van der Waals surface area contributed by atoms with E-state index >= 15 is 0 Å². The molecular weight excluding hydrogens is 330 g/mol. The van der Waals surface area contributed by atoms with E-state index in [0.29, 0.717) is 23.8 Å². The summed E-state index contributed by atoms with van der Waals surface area (Å²) < 4.78 is 5.11. The van der Waals surface area contributed by atoms with E-state index in [-0.39, 0.29) is 23.8 Å². The van der Waals surface area contributed by atoms with Gasteiger partial charge in [-0.15, -0.1) is 0 Å². The number of rotatable bonds is 6. The third-order valence-corrected chi connectivity index (χ3v) is 5.08. The fraction of sp³-hybridized carbons (Fsp3) is 0.600. The van der Waals surface area contributed by atoms with Crippen LogP contribution >= 0.6 is 0 Å². The van der Waals surface area contributed by atoms with Crippen LogP contribution in [0, 0.1) is 11.8 Å². The van der Waals surface area contributed by atoms with E-state index in [1.54, 1.807) is 31.4 Å². The van der Waals surface area contributed by atoms with Crippen molar-refractivity contribution in [2.75, 3.05) is 20.2 Å². The first-order chi connectivity index (χ1) is 12.3. The molecular formula is C20H31N3O3. The Kier molecular flexibility index (Phi) is 7.03. The van der Waals surface area contributed by atoms with Crippen LogP contribution in [-0.2, 0) is 4.79 Å². The summed E-state index contributed by atoms with van der Waals surface area (Å²) in [5.41, 5.74) is 6.54. The van der Waals surface area contributed by atoms with Crippen molar-refractivity contribution in [2.24, 2.45) is 17.6 Å². The first kappa shape index (κ1) is 20.2. The summed E-state index contributed by atoms with van der Waals surface area (Å²) in [4.78, 5) is 27.5. The second-order valence-electron chi connectivity index (χ2n) is 7.47. The number of carbonyl (C=O) groups excluding carboxylic acids is 2. The van der Waals surface area contributed by atoms with Crippen molar-refractivity contribution in [1.29, 1.82) is 0 Å². The zero-order chi connectivity index (χ0) is 19.3. The van der Waals surface area contributed by atoms with Crippen molar-refractivity contribution in [3.63, 3.8) is 0 Å². The van der Waals surface area contributed by atoms with Crippen molar-refractivity contribution in [2.45, 2.75) is 45.7 Å². The van der Waals surface area contributed by atoms with Gasteiger partial charge in [0, 0.05) is 24.7 Å². The summed E-state index contributed by atoms with van der Waals surface area (Å²) >= 11 is 0. The van der Waals surface area contributed by atoms with Crippen LogP contribution in [0.1, 0.15) is 44.0 Å². The summed E-state index contributed by atoms with van der Waals surface area (Å²) in [7, 11) is 1.58. The Labute approximate surface area is 156 Å². The number of benzene rings is 1. The minimum atomic E-state index is -0.545. The topological polar surface area (TPSA) is 84.7 Å². The van der Waals surface area contributed by atoms with E-state index in [4.69, 9.17) is 10.5 Å². The quantitative estimate of drug-likeness (QED) is 0.812. The fourth-order valence-corrected chi connectivity index (χ4v) is 3.32. The lowest BCUT2D eigenvalue weighted by molar-refractivity contribution is -0.136. The smallest absolute Gasteiger partial charge is 0.251 e. The Bertz CT molecular complexity index is 613. The predicted molar refractivity (Wildman–Crippen MR) is 102 cm³/mol. The van der Waals surface area contributed by atoms with E-state index in [9.17, 15) is 9.59 Å². The lowest BCUT2D eigenvalue weighted by Crippen LogP contribution is -2.54. The zero-order valence-electron chi connectivity index (χ0n) is 16.2. The first-order valence-electron chi connectivity index (χ1n) is 9.32. The van der Waals surface area contributed by atoms with Crippen LogP contribution in [0.4, 0.5) is 0 Å². The maximum absolute atomic E-state index is 13.0. The Morgan fingerprint density at radius 3 is 2.42 bits per heavy atom. The highest BCUT2D eigenvalue weighted by Gasteiger charge is 2.32. The highest BCUT2D eigenvalue weighted by molar-refractivity contribution is 5.97. The second kappa shape index (κ2) is 9.03.